The number of aromatic nitrogens is 2. The van der Waals surface area contributed by atoms with Gasteiger partial charge in [-0.3, -0.25) is 4.79 Å². The average molecular weight is 347 g/mol. The van der Waals surface area contributed by atoms with Crippen LogP contribution in [0.15, 0.2) is 24.3 Å². The van der Waals surface area contributed by atoms with Crippen LogP contribution < -0.4 is 10.6 Å². The third kappa shape index (κ3) is 4.35. The van der Waals surface area contributed by atoms with Crippen LogP contribution in [0.1, 0.15) is 25.7 Å². The van der Waals surface area contributed by atoms with Gasteiger partial charge in [0.25, 0.3) is 0 Å². The summed E-state index contributed by atoms with van der Waals surface area (Å²) >= 11 is 0. The zero-order valence-corrected chi connectivity index (χ0v) is 14.9. The Hall–Kier alpha value is -1.30. The highest BCUT2D eigenvalue weighted by Crippen LogP contribution is 2.19. The van der Waals surface area contributed by atoms with E-state index < -0.39 is 0 Å². The summed E-state index contributed by atoms with van der Waals surface area (Å²) in [6.07, 6.45) is 0. The Labute approximate surface area is 143 Å². The summed E-state index contributed by atoms with van der Waals surface area (Å²) in [5.74, 6) is 0.854. The molecule has 7 heteroatoms. The highest BCUT2D eigenvalue weighted by atomic mass is 35.5. The molecule has 0 bridgehead atoms. The molecule has 2 atom stereocenters. The number of nitrogens with one attached hydrogen (secondary N) is 2. The number of rotatable bonds is 5. The van der Waals surface area contributed by atoms with Gasteiger partial charge in [-0.1, -0.05) is 19.1 Å². The number of carbonyl (C=O) groups excluding carboxylic acids is 1. The smallest absolute Gasteiger partial charge is 0.224 e. The fraction of sp³-hybridized carbons (Fsp3) is 0.467. The molecule has 5 nitrogen and oxygen atoms in total. The van der Waals surface area contributed by atoms with Gasteiger partial charge in [0.1, 0.15) is 5.82 Å². The van der Waals surface area contributed by atoms with Gasteiger partial charge < -0.3 is 15.2 Å². The van der Waals surface area contributed by atoms with Crippen molar-refractivity contribution in [1.29, 1.82) is 0 Å². The van der Waals surface area contributed by atoms with Gasteiger partial charge in [0.15, 0.2) is 0 Å². The Morgan fingerprint density at radius 3 is 2.50 bits per heavy atom. The molecule has 1 aromatic heterocycles. The van der Waals surface area contributed by atoms with E-state index in [1.807, 2.05) is 56.8 Å². The maximum atomic E-state index is 12.1. The van der Waals surface area contributed by atoms with Crippen LogP contribution in [0.2, 0.25) is 0 Å². The Morgan fingerprint density at radius 1 is 1.27 bits per heavy atom. The molecule has 2 N–H and O–H groups in total. The number of para-hydroxylation sites is 2. The molecule has 0 radical (unpaired) electrons. The summed E-state index contributed by atoms with van der Waals surface area (Å²) in [5.41, 5.74) is 2.03. The van der Waals surface area contributed by atoms with Crippen LogP contribution >= 0.6 is 24.8 Å². The molecule has 0 fully saturated rings. The molecule has 2 rings (SSSR count). The van der Waals surface area contributed by atoms with Crippen LogP contribution in [-0.4, -0.2) is 29.1 Å². The zero-order chi connectivity index (χ0) is 14.7. The van der Waals surface area contributed by atoms with Crippen LogP contribution in [0.5, 0.6) is 0 Å². The van der Waals surface area contributed by atoms with E-state index in [0.29, 0.717) is 6.54 Å². The lowest BCUT2D eigenvalue weighted by Gasteiger charge is -2.17. The number of aryl methyl sites for hydroxylation is 1. The van der Waals surface area contributed by atoms with Crippen molar-refractivity contribution in [2.24, 2.45) is 13.0 Å². The zero-order valence-electron chi connectivity index (χ0n) is 13.3. The molecule has 0 aliphatic heterocycles. The predicted octanol–water partition coefficient (Wildman–Crippen LogP) is 2.45. The Morgan fingerprint density at radius 2 is 1.91 bits per heavy atom. The van der Waals surface area contributed by atoms with Crippen molar-refractivity contribution >= 4 is 41.8 Å². The second kappa shape index (κ2) is 8.98. The number of hydrogen-bond acceptors (Lipinski definition) is 3. The number of benzene rings is 1. The molecule has 1 amide bonds. The van der Waals surface area contributed by atoms with Gasteiger partial charge in [0, 0.05) is 19.5 Å². The highest BCUT2D eigenvalue weighted by Gasteiger charge is 2.19. The first-order chi connectivity index (χ1) is 9.54. The van der Waals surface area contributed by atoms with Gasteiger partial charge in [0.05, 0.1) is 17.1 Å². The largest absolute Gasteiger partial charge is 0.346 e. The molecule has 1 aromatic carbocycles. The van der Waals surface area contributed by atoms with E-state index in [1.54, 1.807) is 0 Å². The van der Waals surface area contributed by atoms with E-state index in [0.717, 1.165) is 16.9 Å². The Bertz CT molecular complexity index is 615. The molecule has 1 heterocycles. The lowest BCUT2D eigenvalue weighted by atomic mass is 10.1. The molecule has 0 saturated carbocycles. The molecule has 0 aliphatic rings. The Balaban J connectivity index is 0.00000220. The second-order valence-electron chi connectivity index (χ2n) is 5.21. The quantitative estimate of drug-likeness (QED) is 0.874. The maximum absolute atomic E-state index is 12.1. The molecular weight excluding hydrogens is 323 g/mol. The van der Waals surface area contributed by atoms with E-state index >= 15 is 0 Å². The normalized spacial score (nSPS) is 12.9. The van der Waals surface area contributed by atoms with E-state index in [1.165, 1.54) is 0 Å². The minimum absolute atomic E-state index is 0. The van der Waals surface area contributed by atoms with Gasteiger partial charge in [-0.15, -0.1) is 24.8 Å². The summed E-state index contributed by atoms with van der Waals surface area (Å²) in [7, 11) is 3.82. The minimum atomic E-state index is -0.112. The van der Waals surface area contributed by atoms with Crippen LogP contribution in [0.25, 0.3) is 11.0 Å². The van der Waals surface area contributed by atoms with Crippen molar-refractivity contribution in [3.63, 3.8) is 0 Å². The van der Waals surface area contributed by atoms with E-state index in [4.69, 9.17) is 0 Å². The standard InChI is InChI=1S/C15H22N4O.2ClH/c1-10(9-16-3)15(20)17-11(2)14-18-12-7-5-6-8-13(12)19(14)4;;/h5-8,10-11,16H,9H2,1-4H3,(H,17,20);2*1H. The number of hydrogen-bond donors (Lipinski definition) is 2. The molecule has 2 unspecified atom stereocenters. The SMILES string of the molecule is CNCC(C)C(=O)NC(C)c1nc2ccccc2n1C.Cl.Cl. The second-order valence-corrected chi connectivity index (χ2v) is 5.21. The summed E-state index contributed by atoms with van der Waals surface area (Å²) in [6.45, 7) is 4.54. The first-order valence-corrected chi connectivity index (χ1v) is 6.91. The first kappa shape index (κ1) is 20.7. The summed E-state index contributed by atoms with van der Waals surface area (Å²) < 4.78 is 2.03. The number of amides is 1. The van der Waals surface area contributed by atoms with Gasteiger partial charge in [-0.2, -0.15) is 0 Å². The minimum Gasteiger partial charge on any atom is -0.346 e. The van der Waals surface area contributed by atoms with Crippen LogP contribution in [0.3, 0.4) is 0 Å². The average Bonchev–Trinajstić information content (AvgIpc) is 2.77. The molecule has 22 heavy (non-hydrogen) atoms. The summed E-state index contributed by atoms with van der Waals surface area (Å²) in [5, 5.41) is 6.03. The Kier molecular flexibility index (Phi) is 8.45. The number of halogens is 2. The molecular formula is C15H24Cl2N4O. The molecule has 0 spiro atoms. The lowest BCUT2D eigenvalue weighted by molar-refractivity contribution is -0.125. The third-order valence-electron chi connectivity index (χ3n) is 3.53. The van der Waals surface area contributed by atoms with Crippen LogP contribution in [0.4, 0.5) is 0 Å². The third-order valence-corrected chi connectivity index (χ3v) is 3.53. The van der Waals surface area contributed by atoms with Crippen molar-refractivity contribution in [1.82, 2.24) is 20.2 Å². The monoisotopic (exact) mass is 346 g/mol. The van der Waals surface area contributed by atoms with Gasteiger partial charge in [-0.25, -0.2) is 4.98 Å². The topological polar surface area (TPSA) is 59.0 Å². The fourth-order valence-electron chi connectivity index (χ4n) is 2.37. The predicted molar refractivity (Wildman–Crippen MR) is 94.9 cm³/mol. The number of nitrogens with zero attached hydrogens (tertiary/aromatic N) is 2. The number of fused-ring (bicyclic) bond motifs is 1. The summed E-state index contributed by atoms with van der Waals surface area (Å²) in [4.78, 5) is 16.7. The van der Waals surface area contributed by atoms with E-state index in [9.17, 15) is 4.79 Å². The van der Waals surface area contributed by atoms with Crippen LogP contribution in [0, 0.1) is 5.92 Å². The molecule has 0 aliphatic carbocycles. The fourth-order valence-corrected chi connectivity index (χ4v) is 2.37. The molecule has 124 valence electrons. The van der Waals surface area contributed by atoms with Crippen molar-refractivity contribution < 1.29 is 4.79 Å². The number of carbonyl (C=O) groups is 1. The molecule has 2 aromatic rings. The molecule has 0 saturated heterocycles. The number of imidazole rings is 1. The van der Waals surface area contributed by atoms with Crippen molar-refractivity contribution in [3.8, 4) is 0 Å². The van der Waals surface area contributed by atoms with Crippen molar-refractivity contribution in [2.45, 2.75) is 19.9 Å². The lowest BCUT2D eigenvalue weighted by Crippen LogP contribution is -2.36. The summed E-state index contributed by atoms with van der Waals surface area (Å²) in [6, 6.07) is 7.86. The van der Waals surface area contributed by atoms with Crippen LogP contribution in [-0.2, 0) is 11.8 Å². The maximum Gasteiger partial charge on any atom is 0.224 e. The van der Waals surface area contributed by atoms with E-state index in [-0.39, 0.29) is 42.7 Å². The van der Waals surface area contributed by atoms with E-state index in [2.05, 4.69) is 15.6 Å². The van der Waals surface area contributed by atoms with Crippen molar-refractivity contribution in [3.05, 3.63) is 30.1 Å². The van der Waals surface area contributed by atoms with Gasteiger partial charge >= 0.3 is 0 Å². The first-order valence-electron chi connectivity index (χ1n) is 6.91. The van der Waals surface area contributed by atoms with Gasteiger partial charge in [0.2, 0.25) is 5.91 Å². The highest BCUT2D eigenvalue weighted by molar-refractivity contribution is 5.85. The van der Waals surface area contributed by atoms with Crippen molar-refractivity contribution in [2.75, 3.05) is 13.6 Å². The van der Waals surface area contributed by atoms with Gasteiger partial charge in [-0.05, 0) is 26.1 Å².